The molecule has 0 aliphatic carbocycles. The first-order valence-electron chi connectivity index (χ1n) is 7.27. The highest BCUT2D eigenvalue weighted by atomic mass is 19.2. The Morgan fingerprint density at radius 1 is 1.26 bits per heavy atom. The van der Waals surface area contributed by atoms with E-state index in [1.807, 2.05) is 0 Å². The zero-order chi connectivity index (χ0) is 17.4. The number of hydrogen-bond acceptors (Lipinski definition) is 3. The highest BCUT2D eigenvalue weighted by Gasteiger charge is 2.44. The molecule has 1 aromatic carbocycles. The lowest BCUT2D eigenvalue weighted by atomic mass is 9.91. The number of rotatable bonds is 2. The minimum Gasteiger partial charge on any atom is -0.480 e. The van der Waals surface area contributed by atoms with Crippen LogP contribution in [0.25, 0.3) is 0 Å². The third-order valence-corrected chi connectivity index (χ3v) is 3.65. The highest BCUT2D eigenvalue weighted by Crippen LogP contribution is 2.35. The molecule has 23 heavy (non-hydrogen) atoms. The van der Waals surface area contributed by atoms with Crippen LogP contribution in [0.3, 0.4) is 0 Å². The monoisotopic (exact) mass is 327 g/mol. The van der Waals surface area contributed by atoms with Crippen LogP contribution in [0.15, 0.2) is 18.2 Å². The van der Waals surface area contributed by atoms with Gasteiger partial charge in [-0.3, -0.25) is 4.90 Å². The van der Waals surface area contributed by atoms with E-state index in [4.69, 9.17) is 4.74 Å². The first-order valence-corrected chi connectivity index (χ1v) is 7.27. The van der Waals surface area contributed by atoms with Crippen LogP contribution >= 0.6 is 0 Å². The highest BCUT2D eigenvalue weighted by molar-refractivity contribution is 5.82. The second-order valence-electron chi connectivity index (χ2n) is 6.53. The largest absolute Gasteiger partial charge is 0.480 e. The van der Waals surface area contributed by atoms with Crippen molar-refractivity contribution in [2.24, 2.45) is 0 Å². The van der Waals surface area contributed by atoms with Gasteiger partial charge in [-0.15, -0.1) is 0 Å². The van der Waals surface area contributed by atoms with E-state index in [1.165, 1.54) is 6.07 Å². The molecular weight excluding hydrogens is 308 g/mol. The fourth-order valence-electron chi connectivity index (χ4n) is 2.72. The molecule has 1 aliphatic rings. The lowest BCUT2D eigenvalue weighted by molar-refractivity contribution is -0.142. The van der Waals surface area contributed by atoms with E-state index in [-0.39, 0.29) is 6.54 Å². The van der Waals surface area contributed by atoms with Gasteiger partial charge in [0.05, 0.1) is 0 Å². The number of carboxylic acids is 1. The van der Waals surface area contributed by atoms with Crippen molar-refractivity contribution in [2.75, 3.05) is 6.54 Å². The van der Waals surface area contributed by atoms with Gasteiger partial charge in [0.1, 0.15) is 11.6 Å². The number of hydrogen-bond donors (Lipinski definition) is 1. The van der Waals surface area contributed by atoms with Gasteiger partial charge in [0.2, 0.25) is 0 Å². The first kappa shape index (κ1) is 17.2. The molecule has 1 aromatic rings. The fraction of sp³-hybridized carbons (Fsp3) is 0.500. The average molecular weight is 327 g/mol. The summed E-state index contributed by atoms with van der Waals surface area (Å²) < 4.78 is 31.7. The summed E-state index contributed by atoms with van der Waals surface area (Å²) in [6.45, 7) is 5.23. The van der Waals surface area contributed by atoms with E-state index in [1.54, 1.807) is 20.8 Å². The number of likely N-dealkylation sites (tertiary alicyclic amines) is 1. The predicted octanol–water partition coefficient (Wildman–Crippen LogP) is 3.14. The van der Waals surface area contributed by atoms with Gasteiger partial charge in [-0.25, -0.2) is 18.4 Å². The van der Waals surface area contributed by atoms with Crippen molar-refractivity contribution in [1.29, 1.82) is 0 Å². The topological polar surface area (TPSA) is 66.8 Å². The summed E-state index contributed by atoms with van der Waals surface area (Å²) in [4.78, 5) is 24.9. The molecule has 126 valence electrons. The van der Waals surface area contributed by atoms with Gasteiger partial charge in [0, 0.05) is 12.5 Å². The van der Waals surface area contributed by atoms with E-state index < -0.39 is 41.3 Å². The molecule has 1 fully saturated rings. The van der Waals surface area contributed by atoms with Crippen molar-refractivity contribution in [1.82, 2.24) is 4.90 Å². The Labute approximate surface area is 132 Å². The maximum Gasteiger partial charge on any atom is 0.411 e. The van der Waals surface area contributed by atoms with Gasteiger partial charge < -0.3 is 9.84 Å². The summed E-state index contributed by atoms with van der Waals surface area (Å²) in [6.07, 6.45) is -0.392. The second kappa shape index (κ2) is 6.14. The van der Waals surface area contributed by atoms with Gasteiger partial charge in [-0.2, -0.15) is 0 Å². The van der Waals surface area contributed by atoms with Gasteiger partial charge in [-0.05, 0) is 44.9 Å². The van der Waals surface area contributed by atoms with E-state index >= 15 is 0 Å². The molecule has 1 aliphatic heterocycles. The van der Waals surface area contributed by atoms with Crippen molar-refractivity contribution >= 4 is 12.1 Å². The number of halogens is 2. The summed E-state index contributed by atoms with van der Waals surface area (Å²) in [5, 5.41) is 9.47. The standard InChI is InChI=1S/C16H19F2NO4/c1-16(2,3)23-15(22)19-7-6-10(13(19)14(20)21)9-4-5-11(17)12(18)8-9/h4-5,8,10,13H,6-7H2,1-3H3,(H,20,21)/t10-,13?/m0/s1. The predicted molar refractivity (Wildman–Crippen MR) is 78.1 cm³/mol. The number of ether oxygens (including phenoxy) is 1. The third kappa shape index (κ3) is 3.78. The molecule has 1 heterocycles. The molecule has 0 spiro atoms. The van der Waals surface area contributed by atoms with Crippen molar-refractivity contribution in [3.63, 3.8) is 0 Å². The van der Waals surface area contributed by atoms with Gasteiger partial charge >= 0.3 is 12.1 Å². The van der Waals surface area contributed by atoms with Crippen molar-refractivity contribution < 1.29 is 28.2 Å². The maximum atomic E-state index is 13.4. The Kier molecular flexibility index (Phi) is 4.58. The number of nitrogens with zero attached hydrogens (tertiary/aromatic N) is 1. The zero-order valence-electron chi connectivity index (χ0n) is 13.2. The van der Waals surface area contributed by atoms with E-state index in [0.717, 1.165) is 17.0 Å². The number of amides is 1. The van der Waals surface area contributed by atoms with Gasteiger partial charge in [-0.1, -0.05) is 6.07 Å². The van der Waals surface area contributed by atoms with Crippen LogP contribution in [0, 0.1) is 11.6 Å². The number of benzene rings is 1. The lowest BCUT2D eigenvalue weighted by Gasteiger charge is -2.28. The van der Waals surface area contributed by atoms with Gasteiger partial charge in [0.15, 0.2) is 11.6 Å². The molecule has 0 radical (unpaired) electrons. The van der Waals surface area contributed by atoms with Crippen molar-refractivity contribution in [3.05, 3.63) is 35.4 Å². The van der Waals surface area contributed by atoms with Crippen LogP contribution in [-0.2, 0) is 9.53 Å². The smallest absolute Gasteiger partial charge is 0.411 e. The molecule has 7 heteroatoms. The molecule has 1 N–H and O–H groups in total. The van der Waals surface area contributed by atoms with Crippen LogP contribution in [0.1, 0.15) is 38.7 Å². The van der Waals surface area contributed by atoms with E-state index in [2.05, 4.69) is 0 Å². The Hall–Kier alpha value is -2.18. The van der Waals surface area contributed by atoms with Crippen molar-refractivity contribution in [3.8, 4) is 0 Å². The molecule has 1 amide bonds. The van der Waals surface area contributed by atoms with E-state index in [9.17, 15) is 23.5 Å². The quantitative estimate of drug-likeness (QED) is 0.906. The van der Waals surface area contributed by atoms with Crippen molar-refractivity contribution in [2.45, 2.75) is 44.8 Å². The van der Waals surface area contributed by atoms with Gasteiger partial charge in [0.25, 0.3) is 0 Å². The Bertz CT molecular complexity index is 627. The first-order chi connectivity index (χ1) is 10.6. The summed E-state index contributed by atoms with van der Waals surface area (Å²) in [5.41, 5.74) is -0.400. The van der Waals surface area contributed by atoms with Crippen LogP contribution in [0.5, 0.6) is 0 Å². The molecule has 0 aromatic heterocycles. The molecular formula is C16H19F2NO4. The molecule has 2 rings (SSSR count). The number of aliphatic carboxylic acids is 1. The number of carboxylic acid groups (broad SMARTS) is 1. The van der Waals surface area contributed by atoms with Crippen LogP contribution < -0.4 is 0 Å². The van der Waals surface area contributed by atoms with Crippen LogP contribution in [-0.4, -0.2) is 40.3 Å². The fourth-order valence-corrected chi connectivity index (χ4v) is 2.72. The third-order valence-electron chi connectivity index (χ3n) is 3.65. The summed E-state index contributed by atoms with van der Waals surface area (Å²) in [7, 11) is 0. The minimum absolute atomic E-state index is 0.176. The molecule has 0 bridgehead atoms. The molecule has 1 unspecified atom stereocenters. The minimum atomic E-state index is -1.21. The SMILES string of the molecule is CC(C)(C)OC(=O)N1CC[C@@H](c2ccc(F)c(F)c2)C1C(=O)O. The summed E-state index contributed by atoms with van der Waals surface area (Å²) in [5.74, 6) is -3.86. The molecule has 1 saturated heterocycles. The molecule has 2 atom stereocenters. The normalized spacial score (nSPS) is 21.3. The Morgan fingerprint density at radius 3 is 2.43 bits per heavy atom. The Morgan fingerprint density at radius 2 is 1.91 bits per heavy atom. The number of carbonyl (C=O) groups is 2. The zero-order valence-corrected chi connectivity index (χ0v) is 13.2. The summed E-state index contributed by atoms with van der Waals surface area (Å²) >= 11 is 0. The van der Waals surface area contributed by atoms with Crippen LogP contribution in [0.4, 0.5) is 13.6 Å². The second-order valence-corrected chi connectivity index (χ2v) is 6.53. The lowest BCUT2D eigenvalue weighted by Crippen LogP contribution is -2.45. The van der Waals surface area contributed by atoms with Crippen LogP contribution in [0.2, 0.25) is 0 Å². The van der Waals surface area contributed by atoms with E-state index in [0.29, 0.717) is 12.0 Å². The molecule has 0 saturated carbocycles. The maximum absolute atomic E-state index is 13.4. The number of carbonyl (C=O) groups excluding carboxylic acids is 1. The summed E-state index contributed by atoms with van der Waals surface area (Å²) in [6, 6.07) is 2.11. The Balaban J connectivity index is 2.27. The average Bonchev–Trinajstić information content (AvgIpc) is 2.85. The molecule has 5 nitrogen and oxygen atoms in total.